The number of benzene rings is 2. The van der Waals surface area contributed by atoms with Gasteiger partial charge in [0.1, 0.15) is 0 Å². The molecule has 1 saturated heterocycles. The lowest BCUT2D eigenvalue weighted by Crippen LogP contribution is -2.43. The van der Waals surface area contributed by atoms with Crippen LogP contribution in [-0.4, -0.2) is 39.2 Å². The standard InChI is InChI=1S/C31H35N3O2S/c1-22-12-14-24(15-13-22)34-29(36)27-28(32-30(34)37-21-26(35)33-18-8-3-9-19-33)25-11-5-4-10-23(25)20-31(27)16-6-2-7-17-31/h4-5,10-15H,2-3,6-9,16-21H2,1H3. The largest absolute Gasteiger partial charge is 0.342 e. The third kappa shape index (κ3) is 4.54. The molecule has 2 aromatic carbocycles. The highest BCUT2D eigenvalue weighted by molar-refractivity contribution is 7.99. The maximum Gasteiger partial charge on any atom is 0.263 e. The lowest BCUT2D eigenvalue weighted by atomic mass is 9.62. The van der Waals surface area contributed by atoms with Crippen LogP contribution in [0.25, 0.3) is 16.9 Å². The minimum atomic E-state index is -0.161. The van der Waals surface area contributed by atoms with Crippen LogP contribution in [0.3, 0.4) is 0 Å². The van der Waals surface area contributed by atoms with Gasteiger partial charge in [0.05, 0.1) is 22.7 Å². The Bertz CT molecular complexity index is 1370. The van der Waals surface area contributed by atoms with Crippen molar-refractivity contribution < 1.29 is 4.79 Å². The second kappa shape index (κ2) is 10.1. The Morgan fingerprint density at radius 2 is 1.65 bits per heavy atom. The van der Waals surface area contributed by atoms with Crippen molar-refractivity contribution in [3.63, 3.8) is 0 Å². The number of aryl methyl sites for hydroxylation is 1. The van der Waals surface area contributed by atoms with Crippen molar-refractivity contribution in [2.45, 2.75) is 75.3 Å². The molecule has 2 aliphatic carbocycles. The summed E-state index contributed by atoms with van der Waals surface area (Å²) in [5, 5.41) is 0.612. The molecule has 5 nitrogen and oxygen atoms in total. The number of amides is 1. The molecular weight excluding hydrogens is 478 g/mol. The zero-order chi connectivity index (χ0) is 25.4. The van der Waals surface area contributed by atoms with Crippen LogP contribution >= 0.6 is 11.8 Å². The molecule has 1 amide bonds. The van der Waals surface area contributed by atoms with E-state index in [9.17, 15) is 9.59 Å². The van der Waals surface area contributed by atoms with Crippen LogP contribution < -0.4 is 5.56 Å². The van der Waals surface area contributed by atoms with Crippen molar-refractivity contribution in [1.29, 1.82) is 0 Å². The summed E-state index contributed by atoms with van der Waals surface area (Å²) in [7, 11) is 0. The number of hydrogen-bond donors (Lipinski definition) is 0. The molecule has 192 valence electrons. The second-order valence-electron chi connectivity index (χ2n) is 11.0. The molecule has 1 spiro atoms. The fraction of sp³-hybridized carbons (Fsp3) is 0.452. The van der Waals surface area contributed by atoms with E-state index in [1.807, 2.05) is 35.2 Å². The number of fused-ring (bicyclic) bond motifs is 4. The van der Waals surface area contributed by atoms with Crippen LogP contribution in [0.2, 0.25) is 0 Å². The molecule has 3 aromatic rings. The molecule has 2 fully saturated rings. The summed E-state index contributed by atoms with van der Waals surface area (Å²) in [6, 6.07) is 16.5. The molecule has 3 aliphatic rings. The second-order valence-corrected chi connectivity index (χ2v) is 11.9. The summed E-state index contributed by atoms with van der Waals surface area (Å²) in [6.07, 6.45) is 9.81. The van der Waals surface area contributed by atoms with Crippen molar-refractivity contribution in [3.8, 4) is 16.9 Å². The van der Waals surface area contributed by atoms with E-state index in [1.54, 1.807) is 4.57 Å². The number of thioether (sulfide) groups is 1. The molecule has 1 aliphatic heterocycles. The van der Waals surface area contributed by atoms with Gasteiger partial charge in [-0.2, -0.15) is 0 Å². The topological polar surface area (TPSA) is 55.2 Å². The van der Waals surface area contributed by atoms with Crippen LogP contribution in [0.15, 0.2) is 58.5 Å². The first-order valence-corrected chi connectivity index (χ1v) is 14.8. The Labute approximate surface area is 223 Å². The van der Waals surface area contributed by atoms with Gasteiger partial charge in [-0.25, -0.2) is 4.98 Å². The predicted molar refractivity (Wildman–Crippen MR) is 150 cm³/mol. The van der Waals surface area contributed by atoms with Gasteiger partial charge in [-0.1, -0.05) is 73.0 Å². The summed E-state index contributed by atoms with van der Waals surface area (Å²) in [4.78, 5) is 34.8. The van der Waals surface area contributed by atoms with E-state index in [1.165, 1.54) is 30.2 Å². The van der Waals surface area contributed by atoms with Gasteiger partial charge in [0, 0.05) is 24.1 Å². The zero-order valence-corrected chi connectivity index (χ0v) is 22.5. The number of carbonyl (C=O) groups is 1. The monoisotopic (exact) mass is 513 g/mol. The van der Waals surface area contributed by atoms with E-state index >= 15 is 0 Å². The summed E-state index contributed by atoms with van der Waals surface area (Å²) < 4.78 is 1.79. The summed E-state index contributed by atoms with van der Waals surface area (Å²) in [5.41, 5.74) is 5.94. The number of hydrogen-bond acceptors (Lipinski definition) is 4. The van der Waals surface area contributed by atoms with Crippen LogP contribution in [0.1, 0.15) is 68.1 Å². The van der Waals surface area contributed by atoms with Crippen LogP contribution in [0.4, 0.5) is 0 Å². The van der Waals surface area contributed by atoms with Gasteiger partial charge in [-0.3, -0.25) is 14.2 Å². The van der Waals surface area contributed by atoms with E-state index in [-0.39, 0.29) is 16.9 Å². The number of aromatic nitrogens is 2. The molecule has 0 bridgehead atoms. The molecule has 1 saturated carbocycles. The quantitative estimate of drug-likeness (QED) is 0.314. The first kappa shape index (κ1) is 24.5. The van der Waals surface area contributed by atoms with E-state index in [0.717, 1.165) is 86.1 Å². The molecule has 0 N–H and O–H groups in total. The highest BCUT2D eigenvalue weighted by atomic mass is 32.2. The molecule has 37 heavy (non-hydrogen) atoms. The van der Waals surface area contributed by atoms with Crippen LogP contribution in [0, 0.1) is 6.92 Å². The predicted octanol–water partition coefficient (Wildman–Crippen LogP) is 6.07. The first-order chi connectivity index (χ1) is 18.1. The number of likely N-dealkylation sites (tertiary alicyclic amines) is 1. The van der Waals surface area contributed by atoms with Crippen molar-refractivity contribution >= 4 is 17.7 Å². The summed E-state index contributed by atoms with van der Waals surface area (Å²) in [6.45, 7) is 3.72. The number of nitrogens with zero attached hydrogens (tertiary/aromatic N) is 3. The Morgan fingerprint density at radius 1 is 0.946 bits per heavy atom. The Hall–Kier alpha value is -2.86. The average molecular weight is 514 g/mol. The third-order valence-electron chi connectivity index (χ3n) is 8.52. The fourth-order valence-electron chi connectivity index (χ4n) is 6.57. The summed E-state index contributed by atoms with van der Waals surface area (Å²) >= 11 is 1.41. The SMILES string of the molecule is Cc1ccc(-n2c(SCC(=O)N3CCCCC3)nc3c(c2=O)C2(CCCCC2)Cc2ccccc2-3)cc1. The van der Waals surface area contributed by atoms with Gasteiger partial charge >= 0.3 is 0 Å². The van der Waals surface area contributed by atoms with Gasteiger partial charge in [0.15, 0.2) is 5.16 Å². The molecular formula is C31H35N3O2S. The van der Waals surface area contributed by atoms with Crippen LogP contribution in [-0.2, 0) is 16.6 Å². The van der Waals surface area contributed by atoms with Crippen molar-refractivity contribution in [2.24, 2.45) is 0 Å². The molecule has 1 aromatic heterocycles. The molecule has 0 unspecified atom stereocenters. The highest BCUT2D eigenvalue weighted by Gasteiger charge is 2.43. The Morgan fingerprint density at radius 3 is 2.41 bits per heavy atom. The summed E-state index contributed by atoms with van der Waals surface area (Å²) in [5.74, 6) is 0.431. The third-order valence-corrected chi connectivity index (χ3v) is 9.44. The van der Waals surface area contributed by atoms with Crippen molar-refractivity contribution in [2.75, 3.05) is 18.8 Å². The average Bonchev–Trinajstić information content (AvgIpc) is 2.93. The minimum absolute atomic E-state index is 0.0400. The van der Waals surface area contributed by atoms with E-state index in [2.05, 4.69) is 25.1 Å². The van der Waals surface area contributed by atoms with Gasteiger partial charge in [0.25, 0.3) is 5.56 Å². The van der Waals surface area contributed by atoms with Gasteiger partial charge in [-0.05, 0) is 63.1 Å². The Balaban J connectivity index is 1.50. The van der Waals surface area contributed by atoms with Gasteiger partial charge < -0.3 is 4.90 Å². The smallest absolute Gasteiger partial charge is 0.263 e. The maximum atomic E-state index is 14.6. The van der Waals surface area contributed by atoms with Gasteiger partial charge in [0.2, 0.25) is 5.91 Å². The molecule has 2 heterocycles. The zero-order valence-electron chi connectivity index (χ0n) is 21.7. The normalized spacial score (nSPS) is 18.4. The Kier molecular flexibility index (Phi) is 6.70. The van der Waals surface area contributed by atoms with Crippen molar-refractivity contribution in [1.82, 2.24) is 14.5 Å². The van der Waals surface area contributed by atoms with Crippen LogP contribution in [0.5, 0.6) is 0 Å². The van der Waals surface area contributed by atoms with Gasteiger partial charge in [-0.15, -0.1) is 0 Å². The highest BCUT2D eigenvalue weighted by Crippen LogP contribution is 2.49. The molecule has 6 rings (SSSR count). The van der Waals surface area contributed by atoms with E-state index < -0.39 is 0 Å². The van der Waals surface area contributed by atoms with E-state index in [4.69, 9.17) is 4.98 Å². The molecule has 6 heteroatoms. The minimum Gasteiger partial charge on any atom is -0.342 e. The van der Waals surface area contributed by atoms with E-state index in [0.29, 0.717) is 10.9 Å². The number of rotatable bonds is 4. The maximum absolute atomic E-state index is 14.6. The number of carbonyl (C=O) groups excluding carboxylic acids is 1. The molecule has 0 atom stereocenters. The molecule has 0 radical (unpaired) electrons. The van der Waals surface area contributed by atoms with Crippen molar-refractivity contribution in [3.05, 3.63) is 75.6 Å². The first-order valence-electron chi connectivity index (χ1n) is 13.8. The lowest BCUT2D eigenvalue weighted by Gasteiger charge is -2.42. The lowest BCUT2D eigenvalue weighted by molar-refractivity contribution is -0.129. The fourth-order valence-corrected chi connectivity index (χ4v) is 7.48. The number of piperidine rings is 1.